The minimum absolute atomic E-state index is 0.297. The van der Waals surface area contributed by atoms with E-state index in [1.165, 1.54) is 7.11 Å². The maximum Gasteiger partial charge on any atom is 0.262 e. The van der Waals surface area contributed by atoms with Crippen LogP contribution in [-0.2, 0) is 26.4 Å². The minimum atomic E-state index is -1.16. The van der Waals surface area contributed by atoms with E-state index in [0.717, 1.165) is 16.2 Å². The number of carbonyl (C=O) groups excluding carboxylic acids is 1. The van der Waals surface area contributed by atoms with Gasteiger partial charge in [0.05, 0.1) is 26.4 Å². The molecule has 0 aromatic heterocycles. The van der Waals surface area contributed by atoms with Crippen molar-refractivity contribution in [3.05, 3.63) is 71.8 Å². The number of rotatable bonds is 8. The molecule has 144 valence electrons. The van der Waals surface area contributed by atoms with Crippen molar-refractivity contribution in [1.82, 2.24) is 5.06 Å². The van der Waals surface area contributed by atoms with Crippen molar-refractivity contribution in [3.63, 3.8) is 0 Å². The first-order valence-electron chi connectivity index (χ1n) is 8.95. The molecule has 1 fully saturated rings. The molecule has 1 amide bonds. The van der Waals surface area contributed by atoms with Crippen molar-refractivity contribution >= 4 is 5.91 Å². The molecule has 27 heavy (non-hydrogen) atoms. The Morgan fingerprint density at radius 3 is 2.26 bits per heavy atom. The van der Waals surface area contributed by atoms with Gasteiger partial charge in [-0.25, -0.2) is 5.06 Å². The van der Waals surface area contributed by atoms with Gasteiger partial charge >= 0.3 is 0 Å². The summed E-state index contributed by atoms with van der Waals surface area (Å²) in [4.78, 5) is 18.3. The predicted octanol–water partition coefficient (Wildman–Crippen LogP) is 1.66. The lowest BCUT2D eigenvalue weighted by Gasteiger charge is -2.57. The fourth-order valence-corrected chi connectivity index (χ4v) is 3.89. The van der Waals surface area contributed by atoms with Gasteiger partial charge in [-0.15, -0.1) is 0 Å². The van der Waals surface area contributed by atoms with E-state index < -0.39 is 30.3 Å². The lowest BCUT2D eigenvalue weighted by atomic mass is 9.62. The Kier molecular flexibility index (Phi) is 5.92. The largest absolute Gasteiger partial charge is 0.394 e. The fraction of sp³-hybridized carbons (Fsp3) is 0.381. The summed E-state index contributed by atoms with van der Waals surface area (Å²) >= 11 is 0. The van der Waals surface area contributed by atoms with E-state index in [1.807, 2.05) is 67.6 Å². The summed E-state index contributed by atoms with van der Waals surface area (Å²) in [5, 5.41) is 21.1. The van der Waals surface area contributed by atoms with Crippen LogP contribution >= 0.6 is 0 Å². The number of carbonyl (C=O) groups is 1. The molecule has 1 aliphatic heterocycles. The predicted molar refractivity (Wildman–Crippen MR) is 99.5 cm³/mol. The minimum Gasteiger partial charge on any atom is -0.394 e. The highest BCUT2D eigenvalue weighted by atomic mass is 16.7. The summed E-state index contributed by atoms with van der Waals surface area (Å²) < 4.78 is 6.08. The molecule has 3 rings (SSSR count). The normalized spacial score (nSPS) is 24.4. The summed E-state index contributed by atoms with van der Waals surface area (Å²) in [6.45, 7) is 1.66. The monoisotopic (exact) mass is 371 g/mol. The average molecular weight is 371 g/mol. The van der Waals surface area contributed by atoms with Gasteiger partial charge in [-0.05, 0) is 18.1 Å². The first-order chi connectivity index (χ1) is 13.1. The van der Waals surface area contributed by atoms with Crippen LogP contribution in [0.5, 0.6) is 0 Å². The smallest absolute Gasteiger partial charge is 0.262 e. The molecule has 4 atom stereocenters. The van der Waals surface area contributed by atoms with E-state index in [2.05, 4.69) is 0 Å². The third-order valence-corrected chi connectivity index (χ3v) is 5.26. The van der Waals surface area contributed by atoms with Crippen LogP contribution in [0, 0.1) is 0 Å². The van der Waals surface area contributed by atoms with Crippen LogP contribution in [0.15, 0.2) is 60.7 Å². The lowest BCUT2D eigenvalue weighted by molar-refractivity contribution is -0.269. The number of hydroxylamine groups is 2. The molecule has 6 nitrogen and oxygen atoms in total. The van der Waals surface area contributed by atoms with E-state index in [-0.39, 0.29) is 5.91 Å². The zero-order valence-corrected chi connectivity index (χ0v) is 15.5. The van der Waals surface area contributed by atoms with Gasteiger partial charge in [0.15, 0.2) is 0 Å². The molecule has 0 radical (unpaired) electrons. The van der Waals surface area contributed by atoms with Crippen LogP contribution in [0.1, 0.15) is 18.1 Å². The standard InChI is InChI=1S/C21H25NO5/c1-15(27-14-16-9-5-3-6-10-16)21(17-11-7-4-8-12-17)19(18(24)13-23)22(26-2)20(21)25/h3-12,15,18-19,23-24H,13-14H2,1-2H3/t15-,18-,19-,21+/m1/s1. The highest BCUT2D eigenvalue weighted by Crippen LogP contribution is 2.47. The second kappa shape index (κ2) is 8.19. The molecule has 0 bridgehead atoms. The Morgan fingerprint density at radius 2 is 1.70 bits per heavy atom. The van der Waals surface area contributed by atoms with Crippen molar-refractivity contribution in [3.8, 4) is 0 Å². The molecule has 1 aliphatic rings. The Bertz CT molecular complexity index is 754. The van der Waals surface area contributed by atoms with Gasteiger partial charge in [0.25, 0.3) is 5.91 Å². The van der Waals surface area contributed by atoms with Gasteiger partial charge in [0, 0.05) is 0 Å². The number of nitrogens with zero attached hydrogens (tertiary/aromatic N) is 1. The van der Waals surface area contributed by atoms with Gasteiger partial charge < -0.3 is 14.9 Å². The van der Waals surface area contributed by atoms with Gasteiger partial charge in [0.1, 0.15) is 17.6 Å². The molecule has 0 saturated carbocycles. The number of amides is 1. The number of hydrogen-bond acceptors (Lipinski definition) is 5. The van der Waals surface area contributed by atoms with Crippen LogP contribution in [0.4, 0.5) is 0 Å². The number of hydrogen-bond donors (Lipinski definition) is 2. The van der Waals surface area contributed by atoms with Crippen LogP contribution in [-0.4, -0.2) is 53.1 Å². The summed E-state index contributed by atoms with van der Waals surface area (Å²) in [5.74, 6) is -0.297. The number of aliphatic hydroxyl groups is 2. The van der Waals surface area contributed by atoms with Crippen LogP contribution in [0.2, 0.25) is 0 Å². The number of ether oxygens (including phenoxy) is 1. The highest BCUT2D eigenvalue weighted by Gasteiger charge is 2.68. The molecule has 1 heterocycles. The van der Waals surface area contributed by atoms with E-state index in [0.29, 0.717) is 6.61 Å². The summed E-state index contributed by atoms with van der Waals surface area (Å²) in [7, 11) is 1.37. The molecular formula is C21H25NO5. The van der Waals surface area contributed by atoms with Gasteiger partial charge in [-0.3, -0.25) is 9.63 Å². The summed E-state index contributed by atoms with van der Waals surface area (Å²) in [6, 6.07) is 18.1. The number of benzene rings is 2. The first kappa shape index (κ1) is 19.5. The molecule has 2 aromatic rings. The van der Waals surface area contributed by atoms with Gasteiger partial charge in [-0.2, -0.15) is 0 Å². The highest BCUT2D eigenvalue weighted by molar-refractivity contribution is 5.96. The molecule has 2 N–H and O–H groups in total. The maximum absolute atomic E-state index is 13.1. The van der Waals surface area contributed by atoms with Crippen LogP contribution < -0.4 is 0 Å². The van der Waals surface area contributed by atoms with E-state index >= 15 is 0 Å². The molecule has 2 aromatic carbocycles. The molecular weight excluding hydrogens is 346 g/mol. The second-order valence-corrected chi connectivity index (χ2v) is 6.68. The van der Waals surface area contributed by atoms with Crippen molar-refractivity contribution in [2.24, 2.45) is 0 Å². The summed E-state index contributed by atoms with van der Waals surface area (Å²) in [6.07, 6.45) is -1.71. The quantitative estimate of drug-likeness (QED) is 0.690. The number of aliphatic hydroxyl groups excluding tert-OH is 2. The fourth-order valence-electron chi connectivity index (χ4n) is 3.89. The third kappa shape index (κ3) is 3.26. The number of β-lactam (4-membered cyclic amide) rings is 1. The Labute approximate surface area is 158 Å². The SMILES string of the molecule is CON1C(=O)[C@](c2ccccc2)([C@@H](C)OCc2ccccc2)[C@H]1[C@H](O)CO. The van der Waals surface area contributed by atoms with E-state index in [4.69, 9.17) is 9.57 Å². The van der Waals surface area contributed by atoms with Crippen molar-refractivity contribution in [2.75, 3.05) is 13.7 Å². The molecule has 6 heteroatoms. The lowest BCUT2D eigenvalue weighted by Crippen LogP contribution is -2.78. The summed E-state index contributed by atoms with van der Waals surface area (Å²) in [5.41, 5.74) is 0.567. The van der Waals surface area contributed by atoms with Crippen LogP contribution in [0.25, 0.3) is 0 Å². The first-order valence-corrected chi connectivity index (χ1v) is 8.95. The van der Waals surface area contributed by atoms with Crippen molar-refractivity contribution < 1.29 is 24.6 Å². The molecule has 0 aliphatic carbocycles. The average Bonchev–Trinajstić information content (AvgIpc) is 2.72. The topological polar surface area (TPSA) is 79.2 Å². The molecule has 0 unspecified atom stereocenters. The Balaban J connectivity index is 1.97. The van der Waals surface area contributed by atoms with Crippen LogP contribution in [0.3, 0.4) is 0 Å². The Morgan fingerprint density at radius 1 is 1.11 bits per heavy atom. The maximum atomic E-state index is 13.1. The van der Waals surface area contributed by atoms with Crippen molar-refractivity contribution in [2.45, 2.75) is 37.2 Å². The zero-order valence-electron chi connectivity index (χ0n) is 15.5. The zero-order chi connectivity index (χ0) is 19.4. The second-order valence-electron chi connectivity index (χ2n) is 6.68. The van der Waals surface area contributed by atoms with E-state index in [9.17, 15) is 15.0 Å². The van der Waals surface area contributed by atoms with E-state index in [1.54, 1.807) is 0 Å². The van der Waals surface area contributed by atoms with Gasteiger partial charge in [0.2, 0.25) is 0 Å². The molecule has 1 saturated heterocycles. The van der Waals surface area contributed by atoms with Crippen molar-refractivity contribution in [1.29, 1.82) is 0 Å². The van der Waals surface area contributed by atoms with Gasteiger partial charge in [-0.1, -0.05) is 60.7 Å². The third-order valence-electron chi connectivity index (χ3n) is 5.26. The Hall–Kier alpha value is -2.25. The molecule has 0 spiro atoms.